The molecule has 1 aliphatic heterocycles. The van der Waals surface area contributed by atoms with Gasteiger partial charge >= 0.3 is 11.5 Å². The van der Waals surface area contributed by atoms with E-state index in [4.69, 9.17) is 18.9 Å². The summed E-state index contributed by atoms with van der Waals surface area (Å²) >= 11 is 0. The molecule has 262 valence electrons. The molecule has 1 saturated heterocycles. The normalized spacial score (nSPS) is 12.7. The van der Waals surface area contributed by atoms with Gasteiger partial charge in [0.05, 0.1) is 19.7 Å². The smallest absolute Gasteiger partial charge is 0.344 e. The Hall–Kier alpha value is -6.50. The summed E-state index contributed by atoms with van der Waals surface area (Å²) in [4.78, 5) is 55.8. The maximum atomic E-state index is 13.6. The molecule has 1 amide bonds. The van der Waals surface area contributed by atoms with Crippen molar-refractivity contribution in [2.75, 3.05) is 51.9 Å². The number of aromatic hydroxyl groups is 2. The van der Waals surface area contributed by atoms with Gasteiger partial charge in [0.1, 0.15) is 12.4 Å². The van der Waals surface area contributed by atoms with Crippen molar-refractivity contribution in [1.29, 1.82) is 0 Å². The third-order valence-electron chi connectivity index (χ3n) is 8.57. The molecule has 0 saturated carbocycles. The molecule has 0 atom stereocenters. The zero-order chi connectivity index (χ0) is 36.1. The van der Waals surface area contributed by atoms with Crippen molar-refractivity contribution in [3.63, 3.8) is 0 Å². The van der Waals surface area contributed by atoms with E-state index in [2.05, 4.69) is 0 Å². The Balaban J connectivity index is 1.14. The summed E-state index contributed by atoms with van der Waals surface area (Å²) in [6, 6.07) is 24.8. The molecular weight excluding hydrogens is 658 g/mol. The summed E-state index contributed by atoms with van der Waals surface area (Å²) in [5.41, 5.74) is 1.08. The van der Waals surface area contributed by atoms with Gasteiger partial charge in [0.2, 0.25) is 5.75 Å². The van der Waals surface area contributed by atoms with E-state index in [1.807, 2.05) is 35.2 Å². The minimum Gasteiger partial charge on any atom is -0.504 e. The molecule has 13 heteroatoms. The van der Waals surface area contributed by atoms with Crippen LogP contribution in [0.2, 0.25) is 0 Å². The number of nitrogens with zero attached hydrogens (tertiary/aromatic N) is 3. The number of esters is 1. The fourth-order valence-electron chi connectivity index (χ4n) is 5.82. The maximum absolute atomic E-state index is 13.6. The van der Waals surface area contributed by atoms with Crippen LogP contribution in [0, 0.1) is 0 Å². The Morgan fingerprint density at radius 3 is 2.10 bits per heavy atom. The quantitative estimate of drug-likeness (QED) is 0.202. The van der Waals surface area contributed by atoms with E-state index in [0.29, 0.717) is 54.7 Å². The fourth-order valence-corrected chi connectivity index (χ4v) is 5.82. The SMILES string of the molecule is COc1ccc(C(=O)N2CCN(c3ccc4c(c3)c(O)c(O)c(=O)n4C(=O)c3ccc(OCC(=O)OCc4ccccc4)cc3)CC2)cc1OC. The Morgan fingerprint density at radius 2 is 1.41 bits per heavy atom. The van der Waals surface area contributed by atoms with Gasteiger partial charge in [-0.3, -0.25) is 14.4 Å². The first-order chi connectivity index (χ1) is 24.7. The predicted molar refractivity (Wildman–Crippen MR) is 187 cm³/mol. The highest BCUT2D eigenvalue weighted by Gasteiger charge is 2.26. The molecule has 1 aromatic heterocycles. The van der Waals surface area contributed by atoms with E-state index >= 15 is 0 Å². The average molecular weight is 694 g/mol. The number of amides is 1. The molecule has 51 heavy (non-hydrogen) atoms. The number of pyridine rings is 1. The minimum atomic E-state index is -1.08. The number of aromatic nitrogens is 1. The monoisotopic (exact) mass is 693 g/mol. The van der Waals surface area contributed by atoms with Crippen LogP contribution in [0.15, 0.2) is 95.8 Å². The molecule has 2 N–H and O–H groups in total. The van der Waals surface area contributed by atoms with Crippen LogP contribution >= 0.6 is 0 Å². The number of hydrogen-bond donors (Lipinski definition) is 2. The van der Waals surface area contributed by atoms with Gasteiger partial charge in [0, 0.05) is 48.4 Å². The van der Waals surface area contributed by atoms with Gasteiger partial charge in [-0.25, -0.2) is 9.36 Å². The second-order valence-corrected chi connectivity index (χ2v) is 11.7. The predicted octanol–water partition coefficient (Wildman–Crippen LogP) is 4.20. The van der Waals surface area contributed by atoms with Gasteiger partial charge in [0.25, 0.3) is 11.8 Å². The lowest BCUT2D eigenvalue weighted by atomic mass is 10.1. The van der Waals surface area contributed by atoms with Crippen LogP contribution in [0.4, 0.5) is 5.69 Å². The third-order valence-corrected chi connectivity index (χ3v) is 8.57. The van der Waals surface area contributed by atoms with Crippen molar-refractivity contribution < 1.29 is 43.5 Å². The van der Waals surface area contributed by atoms with Gasteiger partial charge in [0.15, 0.2) is 23.9 Å². The number of benzene rings is 4. The largest absolute Gasteiger partial charge is 0.504 e. The summed E-state index contributed by atoms with van der Waals surface area (Å²) in [6.45, 7) is 1.52. The van der Waals surface area contributed by atoms with Crippen LogP contribution in [0.25, 0.3) is 10.9 Å². The van der Waals surface area contributed by atoms with Gasteiger partial charge in [-0.1, -0.05) is 30.3 Å². The van der Waals surface area contributed by atoms with Crippen molar-refractivity contribution in [2.45, 2.75) is 6.61 Å². The lowest BCUT2D eigenvalue weighted by molar-refractivity contribution is -0.147. The molecule has 4 aromatic carbocycles. The summed E-state index contributed by atoms with van der Waals surface area (Å²) < 4.78 is 22.1. The summed E-state index contributed by atoms with van der Waals surface area (Å²) in [5, 5.41) is 21.4. The van der Waals surface area contributed by atoms with E-state index in [0.717, 1.165) is 10.1 Å². The van der Waals surface area contributed by atoms with Crippen LogP contribution in [0.1, 0.15) is 26.3 Å². The van der Waals surface area contributed by atoms with Crippen LogP contribution in [-0.4, -0.2) is 84.5 Å². The number of methoxy groups -OCH3 is 2. The van der Waals surface area contributed by atoms with Crippen molar-refractivity contribution in [1.82, 2.24) is 9.47 Å². The Bertz CT molecular complexity index is 2140. The van der Waals surface area contributed by atoms with Crippen molar-refractivity contribution in [3.8, 4) is 28.7 Å². The summed E-state index contributed by atoms with van der Waals surface area (Å²) in [6.07, 6.45) is 0. The molecule has 13 nitrogen and oxygen atoms in total. The fraction of sp³-hybridized carbons (Fsp3) is 0.211. The van der Waals surface area contributed by atoms with Crippen LogP contribution in [0.5, 0.6) is 28.7 Å². The van der Waals surface area contributed by atoms with Gasteiger partial charge in [-0.2, -0.15) is 0 Å². The third kappa shape index (κ3) is 7.27. The van der Waals surface area contributed by atoms with Gasteiger partial charge in [-0.15, -0.1) is 0 Å². The number of carbonyl (C=O) groups excluding carboxylic acids is 3. The Kier molecular flexibility index (Phi) is 10.1. The van der Waals surface area contributed by atoms with Crippen LogP contribution in [-0.2, 0) is 16.1 Å². The summed E-state index contributed by atoms with van der Waals surface area (Å²) in [7, 11) is 3.03. The lowest BCUT2D eigenvalue weighted by Gasteiger charge is -2.36. The van der Waals surface area contributed by atoms with E-state index in [1.54, 1.807) is 35.2 Å². The number of anilines is 1. The number of ether oxygens (including phenoxy) is 4. The number of rotatable bonds is 10. The topological polar surface area (TPSA) is 157 Å². The zero-order valence-corrected chi connectivity index (χ0v) is 27.9. The van der Waals surface area contributed by atoms with Gasteiger partial charge < -0.3 is 39.0 Å². The number of carbonyl (C=O) groups is 3. The van der Waals surface area contributed by atoms with Crippen molar-refractivity contribution in [2.24, 2.45) is 0 Å². The standard InChI is InChI=1S/C38H35N3O10/c1-48-31-15-10-26(20-32(31)49-2)36(45)40-18-16-39(17-19-40)27-11-14-30-29(21-27)34(43)35(44)38(47)41(30)37(46)25-8-12-28(13-9-25)50-23-33(42)51-22-24-6-4-3-5-7-24/h3-15,20-21,43-44H,16-19,22-23H2,1-2H3. The van der Waals surface area contributed by atoms with Crippen LogP contribution in [0.3, 0.4) is 0 Å². The highest BCUT2D eigenvalue weighted by atomic mass is 16.6. The van der Waals surface area contributed by atoms with E-state index in [9.17, 15) is 29.4 Å². The minimum absolute atomic E-state index is 0.0906. The maximum Gasteiger partial charge on any atom is 0.344 e. The first-order valence-electron chi connectivity index (χ1n) is 16.0. The van der Waals surface area contributed by atoms with Crippen LogP contribution < -0.4 is 24.7 Å². The molecule has 0 spiro atoms. The molecule has 6 rings (SSSR count). The molecule has 2 heterocycles. The zero-order valence-electron chi connectivity index (χ0n) is 27.9. The first-order valence-corrected chi connectivity index (χ1v) is 16.0. The highest BCUT2D eigenvalue weighted by Crippen LogP contribution is 2.34. The second kappa shape index (κ2) is 14.9. The number of piperazine rings is 1. The molecule has 5 aromatic rings. The molecule has 0 aliphatic carbocycles. The Labute approximate surface area is 292 Å². The van der Waals surface area contributed by atoms with Crippen molar-refractivity contribution in [3.05, 3.63) is 118 Å². The van der Waals surface area contributed by atoms with E-state index in [-0.39, 0.29) is 35.6 Å². The van der Waals surface area contributed by atoms with E-state index in [1.165, 1.54) is 44.6 Å². The highest BCUT2D eigenvalue weighted by molar-refractivity contribution is 6.04. The lowest BCUT2D eigenvalue weighted by Crippen LogP contribution is -2.48. The second-order valence-electron chi connectivity index (χ2n) is 11.7. The first kappa shape index (κ1) is 34.4. The van der Waals surface area contributed by atoms with E-state index < -0.39 is 28.9 Å². The Morgan fingerprint density at radius 1 is 0.725 bits per heavy atom. The molecular formula is C38H35N3O10. The number of hydrogen-bond acceptors (Lipinski definition) is 11. The molecule has 0 unspecified atom stereocenters. The molecule has 0 bridgehead atoms. The van der Waals surface area contributed by atoms with Gasteiger partial charge in [-0.05, 0) is 66.2 Å². The molecule has 0 radical (unpaired) electrons. The molecule has 1 fully saturated rings. The van der Waals surface area contributed by atoms with Crippen molar-refractivity contribution >= 4 is 34.4 Å². The summed E-state index contributed by atoms with van der Waals surface area (Å²) in [5.74, 6) is -1.80. The molecule has 1 aliphatic rings. The average Bonchev–Trinajstić information content (AvgIpc) is 3.18. The number of fused-ring (bicyclic) bond motifs is 1.